The number of methoxy groups -OCH3 is 1. The minimum Gasteiger partial charge on any atom is -0.491 e. The van der Waals surface area contributed by atoms with Crippen molar-refractivity contribution in [3.63, 3.8) is 0 Å². The molecule has 6 heteroatoms. The van der Waals surface area contributed by atoms with Crippen LogP contribution in [0.2, 0.25) is 0 Å². The predicted octanol–water partition coefficient (Wildman–Crippen LogP) is 2.36. The number of nitrogens with one attached hydrogen (secondary N) is 1. The van der Waals surface area contributed by atoms with Gasteiger partial charge in [-0.25, -0.2) is 9.97 Å². The van der Waals surface area contributed by atoms with Crippen molar-refractivity contribution in [2.75, 3.05) is 32.7 Å². The first kappa shape index (κ1) is 13.5. The monoisotopic (exact) mass is 287 g/mol. The van der Waals surface area contributed by atoms with Gasteiger partial charge in [0.2, 0.25) is 0 Å². The third kappa shape index (κ3) is 2.56. The highest BCUT2D eigenvalue weighted by atomic mass is 16.5. The molecule has 0 unspecified atom stereocenters. The lowest BCUT2D eigenvalue weighted by molar-refractivity contribution is 0.297. The highest BCUT2D eigenvalue weighted by molar-refractivity contribution is 5.74. The van der Waals surface area contributed by atoms with Crippen molar-refractivity contribution in [3.05, 3.63) is 24.5 Å². The number of anilines is 1. The molecule has 0 saturated heterocycles. The van der Waals surface area contributed by atoms with E-state index in [0.717, 1.165) is 23.5 Å². The Bertz CT molecular complexity index is 646. The molecule has 3 rings (SSSR count). The second-order valence-corrected chi connectivity index (χ2v) is 4.57. The quantitative estimate of drug-likeness (QED) is 0.935. The SMILES string of the molecule is CNc1ncnc(-c2ccc3c(c2)OCCCO3)c1OC. The van der Waals surface area contributed by atoms with Crippen LogP contribution in [-0.4, -0.2) is 37.3 Å². The van der Waals surface area contributed by atoms with Crippen LogP contribution in [-0.2, 0) is 0 Å². The molecular weight excluding hydrogens is 270 g/mol. The molecule has 0 atom stereocenters. The average Bonchev–Trinajstić information content (AvgIpc) is 2.78. The smallest absolute Gasteiger partial charge is 0.187 e. The molecule has 0 radical (unpaired) electrons. The Morgan fingerprint density at radius 3 is 2.71 bits per heavy atom. The Kier molecular flexibility index (Phi) is 3.77. The van der Waals surface area contributed by atoms with E-state index in [1.807, 2.05) is 18.2 Å². The lowest BCUT2D eigenvalue weighted by Crippen LogP contribution is -2.01. The van der Waals surface area contributed by atoms with E-state index in [0.29, 0.717) is 30.5 Å². The molecule has 1 aromatic carbocycles. The maximum absolute atomic E-state index is 5.72. The molecule has 1 aromatic heterocycles. The van der Waals surface area contributed by atoms with Crippen molar-refractivity contribution in [2.45, 2.75) is 6.42 Å². The zero-order valence-corrected chi connectivity index (χ0v) is 12.0. The molecule has 6 nitrogen and oxygen atoms in total. The third-order valence-electron chi connectivity index (χ3n) is 3.27. The maximum Gasteiger partial charge on any atom is 0.187 e. The van der Waals surface area contributed by atoms with Gasteiger partial charge >= 0.3 is 0 Å². The van der Waals surface area contributed by atoms with Gasteiger partial charge in [0.15, 0.2) is 23.1 Å². The number of fused-ring (bicyclic) bond motifs is 1. The number of hydrogen-bond acceptors (Lipinski definition) is 6. The van der Waals surface area contributed by atoms with Crippen LogP contribution in [0.15, 0.2) is 24.5 Å². The van der Waals surface area contributed by atoms with E-state index >= 15 is 0 Å². The van der Waals surface area contributed by atoms with Gasteiger partial charge in [0, 0.05) is 19.0 Å². The number of nitrogens with zero attached hydrogens (tertiary/aromatic N) is 2. The number of benzene rings is 1. The summed E-state index contributed by atoms with van der Waals surface area (Å²) in [6.45, 7) is 1.33. The van der Waals surface area contributed by atoms with Crippen LogP contribution in [0.25, 0.3) is 11.3 Å². The summed E-state index contributed by atoms with van der Waals surface area (Å²) in [5, 5.41) is 3.00. The number of hydrogen-bond donors (Lipinski definition) is 1. The second-order valence-electron chi connectivity index (χ2n) is 4.57. The summed E-state index contributed by atoms with van der Waals surface area (Å²) in [5.74, 6) is 2.75. The molecule has 0 bridgehead atoms. The number of rotatable bonds is 3. The van der Waals surface area contributed by atoms with Crippen molar-refractivity contribution >= 4 is 5.82 Å². The molecular formula is C15H17N3O3. The fourth-order valence-electron chi connectivity index (χ4n) is 2.26. The van der Waals surface area contributed by atoms with Crippen molar-refractivity contribution in [1.82, 2.24) is 9.97 Å². The minimum absolute atomic E-state index is 0.606. The fraction of sp³-hybridized carbons (Fsp3) is 0.333. The molecule has 0 saturated carbocycles. The zero-order valence-electron chi connectivity index (χ0n) is 12.0. The van der Waals surface area contributed by atoms with Crippen LogP contribution in [0.5, 0.6) is 17.2 Å². The maximum atomic E-state index is 5.72. The molecule has 1 N–H and O–H groups in total. The zero-order chi connectivity index (χ0) is 14.7. The largest absolute Gasteiger partial charge is 0.491 e. The van der Waals surface area contributed by atoms with Gasteiger partial charge in [-0.15, -0.1) is 0 Å². The van der Waals surface area contributed by atoms with Gasteiger partial charge in [0.05, 0.1) is 20.3 Å². The summed E-state index contributed by atoms with van der Waals surface area (Å²) in [7, 11) is 3.40. The molecule has 2 aromatic rings. The van der Waals surface area contributed by atoms with Crippen LogP contribution in [0.1, 0.15) is 6.42 Å². The van der Waals surface area contributed by atoms with E-state index in [2.05, 4.69) is 15.3 Å². The van der Waals surface area contributed by atoms with Gasteiger partial charge < -0.3 is 19.5 Å². The van der Waals surface area contributed by atoms with Crippen molar-refractivity contribution in [1.29, 1.82) is 0 Å². The van der Waals surface area contributed by atoms with Crippen LogP contribution in [0.3, 0.4) is 0 Å². The first-order valence-electron chi connectivity index (χ1n) is 6.80. The molecule has 0 fully saturated rings. The van der Waals surface area contributed by atoms with Crippen LogP contribution < -0.4 is 19.5 Å². The predicted molar refractivity (Wildman–Crippen MR) is 79.2 cm³/mol. The lowest BCUT2D eigenvalue weighted by Gasteiger charge is -2.13. The Labute approximate surface area is 123 Å². The molecule has 1 aliphatic heterocycles. The van der Waals surface area contributed by atoms with E-state index < -0.39 is 0 Å². The van der Waals surface area contributed by atoms with E-state index in [1.165, 1.54) is 6.33 Å². The standard InChI is InChI=1S/C15H17N3O3/c1-16-15-14(19-2)13(17-9-18-15)10-4-5-11-12(8-10)21-7-3-6-20-11/h4-5,8-9H,3,6-7H2,1-2H3,(H,16,17,18). The van der Waals surface area contributed by atoms with Gasteiger partial charge in [0.1, 0.15) is 12.0 Å². The van der Waals surface area contributed by atoms with E-state index in [-0.39, 0.29) is 0 Å². The van der Waals surface area contributed by atoms with Gasteiger partial charge in [-0.3, -0.25) is 0 Å². The van der Waals surface area contributed by atoms with Gasteiger partial charge in [0.25, 0.3) is 0 Å². The molecule has 0 aliphatic carbocycles. The highest BCUT2D eigenvalue weighted by Gasteiger charge is 2.16. The lowest BCUT2D eigenvalue weighted by atomic mass is 10.1. The summed E-state index contributed by atoms with van der Waals surface area (Å²) in [6, 6.07) is 5.76. The summed E-state index contributed by atoms with van der Waals surface area (Å²) >= 11 is 0. The summed E-state index contributed by atoms with van der Waals surface area (Å²) in [4.78, 5) is 8.48. The first-order valence-corrected chi connectivity index (χ1v) is 6.80. The number of aromatic nitrogens is 2. The van der Waals surface area contributed by atoms with Crippen LogP contribution in [0, 0.1) is 0 Å². The van der Waals surface area contributed by atoms with Crippen molar-refractivity contribution in [3.8, 4) is 28.5 Å². The second kappa shape index (κ2) is 5.87. The normalized spacial score (nSPS) is 13.4. The molecule has 1 aliphatic rings. The van der Waals surface area contributed by atoms with Crippen molar-refractivity contribution < 1.29 is 14.2 Å². The molecule has 2 heterocycles. The molecule has 0 amide bonds. The molecule has 110 valence electrons. The Balaban J connectivity index is 2.07. The van der Waals surface area contributed by atoms with Crippen LogP contribution in [0.4, 0.5) is 5.82 Å². The highest BCUT2D eigenvalue weighted by Crippen LogP contribution is 2.38. The molecule has 0 spiro atoms. The van der Waals surface area contributed by atoms with E-state index in [9.17, 15) is 0 Å². The Morgan fingerprint density at radius 2 is 1.95 bits per heavy atom. The summed E-state index contributed by atoms with van der Waals surface area (Å²) in [6.07, 6.45) is 2.39. The molecule has 21 heavy (non-hydrogen) atoms. The Hall–Kier alpha value is -2.50. The van der Waals surface area contributed by atoms with E-state index in [1.54, 1.807) is 14.2 Å². The summed E-state index contributed by atoms with van der Waals surface area (Å²) in [5.41, 5.74) is 1.61. The van der Waals surface area contributed by atoms with Gasteiger partial charge in [-0.2, -0.15) is 0 Å². The van der Waals surface area contributed by atoms with Gasteiger partial charge in [-0.1, -0.05) is 0 Å². The Morgan fingerprint density at radius 1 is 1.14 bits per heavy atom. The topological polar surface area (TPSA) is 65.5 Å². The van der Waals surface area contributed by atoms with E-state index in [4.69, 9.17) is 14.2 Å². The first-order chi connectivity index (χ1) is 10.3. The fourth-order valence-corrected chi connectivity index (χ4v) is 2.26. The average molecular weight is 287 g/mol. The van der Waals surface area contributed by atoms with Gasteiger partial charge in [-0.05, 0) is 18.2 Å². The summed E-state index contributed by atoms with van der Waals surface area (Å²) < 4.78 is 16.8. The van der Waals surface area contributed by atoms with Crippen LogP contribution >= 0.6 is 0 Å². The van der Waals surface area contributed by atoms with Crippen molar-refractivity contribution in [2.24, 2.45) is 0 Å². The minimum atomic E-state index is 0.606. The third-order valence-corrected chi connectivity index (χ3v) is 3.27. The number of ether oxygens (including phenoxy) is 3.